The van der Waals surface area contributed by atoms with Gasteiger partial charge < -0.3 is 11.1 Å². The first-order valence-electron chi connectivity index (χ1n) is 6.75. The molecule has 0 aromatic heterocycles. The van der Waals surface area contributed by atoms with Gasteiger partial charge >= 0.3 is 0 Å². The van der Waals surface area contributed by atoms with Crippen LogP contribution < -0.4 is 11.1 Å². The predicted molar refractivity (Wildman–Crippen MR) is 80.8 cm³/mol. The summed E-state index contributed by atoms with van der Waals surface area (Å²) in [4.78, 5) is 0. The molecule has 0 heterocycles. The molecule has 2 unspecified atom stereocenters. The summed E-state index contributed by atoms with van der Waals surface area (Å²) in [5.41, 5.74) is 7.57. The molecule has 0 radical (unpaired) electrons. The first-order chi connectivity index (χ1) is 8.50. The molecule has 2 rings (SSSR count). The van der Waals surface area contributed by atoms with Crippen molar-refractivity contribution >= 4 is 15.9 Å². The van der Waals surface area contributed by atoms with Crippen molar-refractivity contribution in [1.82, 2.24) is 5.32 Å². The van der Waals surface area contributed by atoms with Crippen molar-refractivity contribution in [3.05, 3.63) is 34.3 Å². The molecule has 3 heteroatoms. The van der Waals surface area contributed by atoms with E-state index >= 15 is 0 Å². The van der Waals surface area contributed by atoms with Gasteiger partial charge in [0, 0.05) is 28.5 Å². The van der Waals surface area contributed by atoms with Crippen LogP contribution in [-0.4, -0.2) is 18.6 Å². The van der Waals surface area contributed by atoms with E-state index in [1.54, 1.807) is 0 Å². The van der Waals surface area contributed by atoms with Crippen LogP contribution in [0.1, 0.15) is 38.7 Å². The zero-order chi connectivity index (χ0) is 13.2. The van der Waals surface area contributed by atoms with E-state index in [9.17, 15) is 0 Å². The maximum absolute atomic E-state index is 6.11. The Kier molecular flexibility index (Phi) is 4.46. The van der Waals surface area contributed by atoms with Crippen LogP contribution in [0.2, 0.25) is 0 Å². The second-order valence-electron chi connectivity index (χ2n) is 5.95. The lowest BCUT2D eigenvalue weighted by Crippen LogP contribution is -2.45. The van der Waals surface area contributed by atoms with Crippen LogP contribution >= 0.6 is 15.9 Å². The molecule has 0 amide bonds. The highest BCUT2D eigenvalue weighted by atomic mass is 79.9. The quantitative estimate of drug-likeness (QED) is 0.896. The molecule has 3 N–H and O–H groups in total. The number of nitrogens with two attached hydrogens (primary N) is 1. The Hall–Kier alpha value is -0.380. The van der Waals surface area contributed by atoms with Gasteiger partial charge in [0.1, 0.15) is 0 Å². The van der Waals surface area contributed by atoms with Crippen LogP contribution in [0.3, 0.4) is 0 Å². The van der Waals surface area contributed by atoms with Crippen LogP contribution in [0.15, 0.2) is 28.7 Å². The highest BCUT2D eigenvalue weighted by Gasteiger charge is 2.28. The smallest absolute Gasteiger partial charge is 0.0219 e. The monoisotopic (exact) mass is 310 g/mol. The maximum atomic E-state index is 6.11. The van der Waals surface area contributed by atoms with E-state index in [0.717, 1.165) is 13.0 Å². The van der Waals surface area contributed by atoms with Crippen molar-refractivity contribution in [1.29, 1.82) is 0 Å². The molecule has 1 aromatic rings. The van der Waals surface area contributed by atoms with E-state index in [4.69, 9.17) is 5.73 Å². The average molecular weight is 311 g/mol. The van der Waals surface area contributed by atoms with Gasteiger partial charge in [0.2, 0.25) is 0 Å². The van der Waals surface area contributed by atoms with Gasteiger partial charge in [-0.3, -0.25) is 0 Å². The molecular weight excluding hydrogens is 288 g/mol. The van der Waals surface area contributed by atoms with Crippen LogP contribution in [-0.2, 0) is 5.41 Å². The summed E-state index contributed by atoms with van der Waals surface area (Å²) in [6.07, 6.45) is 3.63. The summed E-state index contributed by atoms with van der Waals surface area (Å²) in [5.74, 6) is 0. The maximum Gasteiger partial charge on any atom is 0.0219 e. The van der Waals surface area contributed by atoms with Crippen LogP contribution in [0.25, 0.3) is 0 Å². The van der Waals surface area contributed by atoms with Gasteiger partial charge in [-0.2, -0.15) is 0 Å². The molecule has 2 atom stereocenters. The number of halogens is 1. The zero-order valence-corrected chi connectivity index (χ0v) is 12.8. The summed E-state index contributed by atoms with van der Waals surface area (Å²) in [6.45, 7) is 5.52. The molecule has 1 aromatic carbocycles. The fourth-order valence-electron chi connectivity index (χ4n) is 2.73. The molecule has 1 aliphatic carbocycles. The van der Waals surface area contributed by atoms with Gasteiger partial charge in [-0.15, -0.1) is 0 Å². The summed E-state index contributed by atoms with van der Waals surface area (Å²) in [5, 5.41) is 3.65. The van der Waals surface area contributed by atoms with Gasteiger partial charge in [0.25, 0.3) is 0 Å². The second-order valence-corrected chi connectivity index (χ2v) is 6.80. The first-order valence-corrected chi connectivity index (χ1v) is 7.54. The minimum Gasteiger partial charge on any atom is -0.326 e. The van der Waals surface area contributed by atoms with Crippen LogP contribution in [0, 0.1) is 0 Å². The number of rotatable bonds is 4. The number of hydrogen-bond donors (Lipinski definition) is 2. The first kappa shape index (κ1) is 14.0. The minimum absolute atomic E-state index is 0.113. The summed E-state index contributed by atoms with van der Waals surface area (Å²) in [7, 11) is 0. The standard InChI is InChI=1S/C15H23BrN2/c1-15(2,11-6-3-4-7-12(11)16)10-18-14-9-5-8-13(14)17/h3-4,6-7,13-14,18H,5,8-10,17H2,1-2H3. The molecule has 1 fully saturated rings. The minimum atomic E-state index is 0.113. The molecule has 2 nitrogen and oxygen atoms in total. The third-order valence-electron chi connectivity index (χ3n) is 3.98. The molecule has 0 saturated heterocycles. The Morgan fingerprint density at radius 3 is 2.67 bits per heavy atom. The molecule has 0 aliphatic heterocycles. The number of benzene rings is 1. The zero-order valence-electron chi connectivity index (χ0n) is 11.2. The fourth-order valence-corrected chi connectivity index (χ4v) is 3.56. The third kappa shape index (κ3) is 3.14. The molecule has 18 heavy (non-hydrogen) atoms. The summed E-state index contributed by atoms with van der Waals surface area (Å²) < 4.78 is 1.19. The van der Waals surface area contributed by atoms with E-state index in [-0.39, 0.29) is 5.41 Å². The van der Waals surface area contributed by atoms with Crippen molar-refractivity contribution in [2.75, 3.05) is 6.54 Å². The Labute approximate surface area is 118 Å². The normalized spacial score (nSPS) is 24.4. The van der Waals surface area contributed by atoms with Gasteiger partial charge in [-0.25, -0.2) is 0 Å². The van der Waals surface area contributed by atoms with Gasteiger partial charge in [-0.1, -0.05) is 54.4 Å². The van der Waals surface area contributed by atoms with Crippen molar-refractivity contribution in [3.8, 4) is 0 Å². The third-order valence-corrected chi connectivity index (χ3v) is 4.67. The Morgan fingerprint density at radius 2 is 2.06 bits per heavy atom. The fraction of sp³-hybridized carbons (Fsp3) is 0.600. The topological polar surface area (TPSA) is 38.0 Å². The van der Waals surface area contributed by atoms with Crippen molar-refractivity contribution < 1.29 is 0 Å². The largest absolute Gasteiger partial charge is 0.326 e. The highest BCUT2D eigenvalue weighted by Crippen LogP contribution is 2.30. The van der Waals surface area contributed by atoms with Crippen LogP contribution in [0.4, 0.5) is 0 Å². The number of hydrogen-bond acceptors (Lipinski definition) is 2. The highest BCUT2D eigenvalue weighted by molar-refractivity contribution is 9.10. The van der Waals surface area contributed by atoms with Gasteiger partial charge in [0.05, 0.1) is 0 Å². The molecular formula is C15H23BrN2. The lowest BCUT2D eigenvalue weighted by atomic mass is 9.84. The lowest BCUT2D eigenvalue weighted by Gasteiger charge is -2.29. The SMILES string of the molecule is CC(C)(CNC1CCCC1N)c1ccccc1Br. The van der Waals surface area contributed by atoms with Crippen molar-refractivity contribution in [3.63, 3.8) is 0 Å². The number of nitrogens with one attached hydrogen (secondary N) is 1. The van der Waals surface area contributed by atoms with Crippen LogP contribution in [0.5, 0.6) is 0 Å². The van der Waals surface area contributed by atoms with E-state index < -0.39 is 0 Å². The van der Waals surface area contributed by atoms with Crippen molar-refractivity contribution in [2.24, 2.45) is 5.73 Å². The summed E-state index contributed by atoms with van der Waals surface area (Å²) in [6, 6.07) is 9.29. The average Bonchev–Trinajstić information content (AvgIpc) is 2.73. The second kappa shape index (κ2) is 5.72. The molecule has 1 saturated carbocycles. The Balaban J connectivity index is 2.01. The van der Waals surface area contributed by atoms with E-state index in [2.05, 4.69) is 59.4 Å². The predicted octanol–water partition coefficient (Wildman–Crippen LogP) is 3.20. The van der Waals surface area contributed by atoms with E-state index in [0.29, 0.717) is 12.1 Å². The van der Waals surface area contributed by atoms with E-state index in [1.807, 2.05) is 0 Å². The lowest BCUT2D eigenvalue weighted by molar-refractivity contribution is 0.399. The summed E-state index contributed by atoms with van der Waals surface area (Å²) >= 11 is 3.64. The molecule has 0 spiro atoms. The molecule has 100 valence electrons. The van der Waals surface area contributed by atoms with E-state index in [1.165, 1.54) is 22.9 Å². The van der Waals surface area contributed by atoms with Crippen molar-refractivity contribution in [2.45, 2.75) is 50.6 Å². The molecule has 0 bridgehead atoms. The van der Waals surface area contributed by atoms with Gasteiger partial charge in [-0.05, 0) is 24.5 Å². The Morgan fingerprint density at radius 1 is 1.33 bits per heavy atom. The molecule has 1 aliphatic rings. The Bertz CT molecular complexity index is 403. The van der Waals surface area contributed by atoms with Gasteiger partial charge in [0.15, 0.2) is 0 Å².